The van der Waals surface area contributed by atoms with Crippen molar-refractivity contribution in [3.8, 4) is 16.9 Å². The second kappa shape index (κ2) is 11.0. The Morgan fingerprint density at radius 3 is 2.39 bits per heavy atom. The Kier molecular flexibility index (Phi) is 7.89. The van der Waals surface area contributed by atoms with Crippen molar-refractivity contribution in [1.82, 2.24) is 0 Å². The van der Waals surface area contributed by atoms with E-state index in [1.54, 1.807) is 11.1 Å². The van der Waals surface area contributed by atoms with Crippen molar-refractivity contribution < 1.29 is 4.74 Å². The molecule has 2 aromatic carbocycles. The summed E-state index contributed by atoms with van der Waals surface area (Å²) >= 11 is 0. The van der Waals surface area contributed by atoms with Crippen LogP contribution in [0, 0.1) is 17.8 Å². The van der Waals surface area contributed by atoms with Gasteiger partial charge in [-0.05, 0) is 110 Å². The maximum atomic E-state index is 5.73. The fraction of sp³-hybridized carbons (Fsp3) is 0.533. The number of allylic oxidation sites excluding steroid dienone is 2. The molecule has 0 bridgehead atoms. The summed E-state index contributed by atoms with van der Waals surface area (Å²) in [6, 6.07) is 15.8. The molecule has 1 saturated carbocycles. The topological polar surface area (TPSA) is 9.23 Å². The van der Waals surface area contributed by atoms with Crippen LogP contribution in [0.2, 0.25) is 0 Å². The van der Waals surface area contributed by atoms with Gasteiger partial charge in [-0.2, -0.15) is 0 Å². The normalized spacial score (nSPS) is 23.6. The molecule has 0 aliphatic heterocycles. The number of aryl methyl sites for hydroxylation is 1. The van der Waals surface area contributed by atoms with E-state index in [2.05, 4.69) is 68.5 Å². The fourth-order valence-corrected chi connectivity index (χ4v) is 5.78. The number of rotatable bonds is 8. The molecule has 0 spiro atoms. The lowest BCUT2D eigenvalue weighted by Gasteiger charge is -2.36. The van der Waals surface area contributed by atoms with Gasteiger partial charge in [-0.3, -0.25) is 0 Å². The lowest BCUT2D eigenvalue weighted by molar-refractivity contribution is 0.185. The van der Waals surface area contributed by atoms with Crippen molar-refractivity contribution in [3.05, 3.63) is 65.7 Å². The number of ether oxygens (including phenoxy) is 1. The molecule has 1 atom stereocenters. The quantitative estimate of drug-likeness (QED) is 0.392. The largest absolute Gasteiger partial charge is 0.494 e. The summed E-state index contributed by atoms with van der Waals surface area (Å²) in [5.74, 6) is 3.82. The maximum absolute atomic E-state index is 5.73. The molecule has 0 amide bonds. The van der Waals surface area contributed by atoms with E-state index in [1.807, 2.05) is 0 Å². The van der Waals surface area contributed by atoms with E-state index >= 15 is 0 Å². The Labute approximate surface area is 189 Å². The molecule has 1 fully saturated rings. The van der Waals surface area contributed by atoms with E-state index in [0.717, 1.165) is 36.5 Å². The van der Waals surface area contributed by atoms with Crippen LogP contribution in [0.25, 0.3) is 11.1 Å². The molecule has 2 aliphatic rings. The highest BCUT2D eigenvalue weighted by atomic mass is 16.5. The first-order valence-electron chi connectivity index (χ1n) is 12.7. The van der Waals surface area contributed by atoms with Crippen LogP contribution in [-0.4, -0.2) is 6.61 Å². The molecule has 2 aromatic rings. The van der Waals surface area contributed by atoms with Gasteiger partial charge in [-0.1, -0.05) is 62.2 Å². The highest BCUT2D eigenvalue weighted by Crippen LogP contribution is 2.41. The third-order valence-electron chi connectivity index (χ3n) is 7.67. The van der Waals surface area contributed by atoms with Gasteiger partial charge >= 0.3 is 0 Å². The molecule has 0 radical (unpaired) electrons. The van der Waals surface area contributed by atoms with Crippen LogP contribution in [0.15, 0.2) is 54.6 Å². The van der Waals surface area contributed by atoms with Crippen molar-refractivity contribution in [2.24, 2.45) is 17.8 Å². The molecule has 1 nitrogen and oxygen atoms in total. The van der Waals surface area contributed by atoms with Crippen molar-refractivity contribution in [1.29, 1.82) is 0 Å². The first-order chi connectivity index (χ1) is 15.3. The summed E-state index contributed by atoms with van der Waals surface area (Å²) < 4.78 is 5.73. The second-order valence-electron chi connectivity index (χ2n) is 9.79. The summed E-state index contributed by atoms with van der Waals surface area (Å²) in [7, 11) is 0. The molecule has 1 heteroatoms. The lowest BCUT2D eigenvalue weighted by atomic mass is 9.69. The Bertz CT molecular complexity index is 839. The van der Waals surface area contributed by atoms with E-state index in [4.69, 9.17) is 4.74 Å². The van der Waals surface area contributed by atoms with Gasteiger partial charge in [0.25, 0.3) is 0 Å². The lowest BCUT2D eigenvalue weighted by Crippen LogP contribution is -2.26. The molecular formula is C30H40O. The van der Waals surface area contributed by atoms with Gasteiger partial charge in [0.2, 0.25) is 0 Å². The predicted molar refractivity (Wildman–Crippen MR) is 133 cm³/mol. The summed E-state index contributed by atoms with van der Waals surface area (Å²) in [6.45, 7) is 5.07. The zero-order chi connectivity index (χ0) is 21.5. The third kappa shape index (κ3) is 5.82. The Hall–Kier alpha value is -2.02. The molecule has 0 heterocycles. The molecule has 166 valence electrons. The van der Waals surface area contributed by atoms with Crippen LogP contribution in [0.3, 0.4) is 0 Å². The second-order valence-corrected chi connectivity index (χ2v) is 9.79. The summed E-state index contributed by atoms with van der Waals surface area (Å²) in [5.41, 5.74) is 5.84. The predicted octanol–water partition coefficient (Wildman–Crippen LogP) is 8.41. The molecule has 31 heavy (non-hydrogen) atoms. The van der Waals surface area contributed by atoms with Gasteiger partial charge in [-0.15, -0.1) is 0 Å². The molecule has 4 rings (SSSR count). The van der Waals surface area contributed by atoms with Crippen molar-refractivity contribution in [3.63, 3.8) is 0 Å². The van der Waals surface area contributed by atoms with Gasteiger partial charge in [0, 0.05) is 0 Å². The monoisotopic (exact) mass is 416 g/mol. The smallest absolute Gasteiger partial charge is 0.119 e. The van der Waals surface area contributed by atoms with E-state index in [9.17, 15) is 0 Å². The highest BCUT2D eigenvalue weighted by Gasteiger charge is 2.30. The third-order valence-corrected chi connectivity index (χ3v) is 7.67. The van der Waals surface area contributed by atoms with Gasteiger partial charge in [0.05, 0.1) is 6.61 Å². The van der Waals surface area contributed by atoms with Gasteiger partial charge in [-0.25, -0.2) is 0 Å². The Morgan fingerprint density at radius 1 is 0.871 bits per heavy atom. The van der Waals surface area contributed by atoms with Crippen LogP contribution in [-0.2, 0) is 12.8 Å². The average Bonchev–Trinajstić information content (AvgIpc) is 2.83. The van der Waals surface area contributed by atoms with Crippen molar-refractivity contribution in [2.45, 2.75) is 78.1 Å². The molecule has 1 unspecified atom stereocenters. The first kappa shape index (κ1) is 22.2. The van der Waals surface area contributed by atoms with Gasteiger partial charge in [0.15, 0.2) is 0 Å². The Morgan fingerprint density at radius 2 is 1.65 bits per heavy atom. The minimum atomic E-state index is 0.789. The zero-order valence-electron chi connectivity index (χ0n) is 19.6. The van der Waals surface area contributed by atoms with Crippen LogP contribution in [0.5, 0.6) is 5.75 Å². The van der Waals surface area contributed by atoms with E-state index in [1.165, 1.54) is 68.9 Å². The Balaban J connectivity index is 1.33. The molecule has 0 aromatic heterocycles. The number of benzene rings is 2. The van der Waals surface area contributed by atoms with Crippen LogP contribution in [0.4, 0.5) is 0 Å². The zero-order valence-corrected chi connectivity index (χ0v) is 19.6. The molecular weight excluding hydrogens is 376 g/mol. The number of hydrogen-bond acceptors (Lipinski definition) is 1. The summed E-state index contributed by atoms with van der Waals surface area (Å²) in [4.78, 5) is 0. The van der Waals surface area contributed by atoms with E-state index in [0.29, 0.717) is 0 Å². The SMILES string of the molecule is C/C=C/CCC1CCC(C2CCc3cc(-c4ccc(OCCC)cc4)ccc3C2)CC1. The van der Waals surface area contributed by atoms with Crippen molar-refractivity contribution in [2.75, 3.05) is 6.61 Å². The standard InChI is InChI=1S/C30H40O/c1-3-5-6-7-23-8-10-24(11-9-23)26-12-14-29-22-27(13-15-28(29)21-26)25-16-18-30(19-17-25)31-20-4-2/h3,5,13,15-19,22-24,26H,4,6-12,14,20-21H2,1-2H3/b5-3+. The minimum absolute atomic E-state index is 0.789. The van der Waals surface area contributed by atoms with Gasteiger partial charge < -0.3 is 4.74 Å². The molecule has 2 aliphatic carbocycles. The van der Waals surface area contributed by atoms with Crippen LogP contribution >= 0.6 is 0 Å². The first-order valence-corrected chi connectivity index (χ1v) is 12.7. The van der Waals surface area contributed by atoms with Crippen molar-refractivity contribution >= 4 is 0 Å². The molecule has 0 N–H and O–H groups in total. The number of fused-ring (bicyclic) bond motifs is 1. The van der Waals surface area contributed by atoms with Gasteiger partial charge in [0.1, 0.15) is 5.75 Å². The van der Waals surface area contributed by atoms with E-state index in [-0.39, 0.29) is 0 Å². The average molecular weight is 417 g/mol. The summed E-state index contributed by atoms with van der Waals surface area (Å²) in [6.07, 6.45) is 18.1. The minimum Gasteiger partial charge on any atom is -0.494 e. The number of hydrogen-bond donors (Lipinski definition) is 0. The fourth-order valence-electron chi connectivity index (χ4n) is 5.78. The van der Waals surface area contributed by atoms with Crippen LogP contribution in [0.1, 0.15) is 76.3 Å². The van der Waals surface area contributed by atoms with Crippen LogP contribution < -0.4 is 4.74 Å². The highest BCUT2D eigenvalue weighted by molar-refractivity contribution is 5.66. The maximum Gasteiger partial charge on any atom is 0.119 e. The molecule has 0 saturated heterocycles. The van der Waals surface area contributed by atoms with E-state index < -0.39 is 0 Å². The summed E-state index contributed by atoms with van der Waals surface area (Å²) in [5, 5.41) is 0.